The Balaban J connectivity index is 1.67. The molecular weight excluding hydrogens is 425 g/mol. The number of carbonyl (C=O) groups excluding carboxylic acids is 1. The van der Waals surface area contributed by atoms with E-state index in [4.69, 9.17) is 28.9 Å². The molecule has 4 aromatic rings. The highest BCUT2D eigenvalue weighted by Gasteiger charge is 2.18. The molecule has 8 nitrogen and oxygen atoms in total. The van der Waals surface area contributed by atoms with Gasteiger partial charge in [-0.05, 0) is 36.8 Å². The van der Waals surface area contributed by atoms with E-state index in [1.807, 2.05) is 19.1 Å². The van der Waals surface area contributed by atoms with Crippen LogP contribution in [0.25, 0.3) is 16.9 Å². The second kappa shape index (κ2) is 8.10. The molecule has 0 fully saturated rings. The van der Waals surface area contributed by atoms with Crippen LogP contribution in [0.2, 0.25) is 10.0 Å². The van der Waals surface area contributed by atoms with E-state index in [9.17, 15) is 4.79 Å². The Morgan fingerprint density at radius 1 is 1.07 bits per heavy atom. The zero-order valence-electron chi connectivity index (χ0n) is 15.7. The Bertz CT molecular complexity index is 1220. The Morgan fingerprint density at radius 2 is 1.80 bits per heavy atom. The number of hydrogen-bond acceptors (Lipinski definition) is 6. The third-order valence-electron chi connectivity index (χ3n) is 4.36. The maximum atomic E-state index is 11.9. The molecule has 0 unspecified atom stereocenters. The first-order valence-corrected chi connectivity index (χ1v) is 9.54. The standard InChI is InChI=1S/C20H15Cl2N7O/c1-11-7-25-26-9-13(11)16-6-5-12(8-24-16)27-17-10-29(28-18(17)20(23)30)19-14(21)3-2-4-15(19)22/h2-10,27H,1H3,(H2,23,30). The van der Waals surface area contributed by atoms with Crippen molar-refractivity contribution in [2.75, 3.05) is 5.32 Å². The lowest BCUT2D eigenvalue weighted by Gasteiger charge is -2.07. The van der Waals surface area contributed by atoms with Gasteiger partial charge in [-0.25, -0.2) is 4.68 Å². The summed E-state index contributed by atoms with van der Waals surface area (Å²) in [5.74, 6) is -0.692. The number of amides is 1. The molecule has 1 aromatic carbocycles. The van der Waals surface area contributed by atoms with E-state index in [1.54, 1.807) is 43.0 Å². The minimum Gasteiger partial charge on any atom is -0.364 e. The summed E-state index contributed by atoms with van der Waals surface area (Å²) in [6, 6.07) is 8.75. The van der Waals surface area contributed by atoms with Crippen molar-refractivity contribution in [3.63, 3.8) is 0 Å². The van der Waals surface area contributed by atoms with Gasteiger partial charge in [-0.1, -0.05) is 29.3 Å². The number of rotatable bonds is 5. The average molecular weight is 440 g/mol. The lowest BCUT2D eigenvalue weighted by atomic mass is 10.1. The number of benzene rings is 1. The van der Waals surface area contributed by atoms with Crippen LogP contribution in [-0.4, -0.2) is 30.9 Å². The molecule has 150 valence electrons. The van der Waals surface area contributed by atoms with Gasteiger partial charge in [0.05, 0.1) is 51.9 Å². The van der Waals surface area contributed by atoms with Gasteiger partial charge >= 0.3 is 0 Å². The van der Waals surface area contributed by atoms with Crippen molar-refractivity contribution >= 4 is 40.5 Å². The number of anilines is 2. The van der Waals surface area contributed by atoms with E-state index in [-0.39, 0.29) is 5.69 Å². The summed E-state index contributed by atoms with van der Waals surface area (Å²) in [4.78, 5) is 16.4. The topological polar surface area (TPSA) is 112 Å². The van der Waals surface area contributed by atoms with E-state index in [1.165, 1.54) is 4.68 Å². The smallest absolute Gasteiger partial charge is 0.271 e. The van der Waals surface area contributed by atoms with Crippen LogP contribution in [0, 0.1) is 6.92 Å². The molecule has 0 saturated heterocycles. The zero-order chi connectivity index (χ0) is 21.3. The summed E-state index contributed by atoms with van der Waals surface area (Å²) in [6.07, 6.45) is 6.57. The Morgan fingerprint density at radius 3 is 2.43 bits per heavy atom. The van der Waals surface area contributed by atoms with Crippen molar-refractivity contribution in [1.82, 2.24) is 25.0 Å². The summed E-state index contributed by atoms with van der Waals surface area (Å²) in [7, 11) is 0. The van der Waals surface area contributed by atoms with Crippen LogP contribution in [0.3, 0.4) is 0 Å². The van der Waals surface area contributed by atoms with Gasteiger partial charge in [-0.15, -0.1) is 0 Å². The predicted molar refractivity (Wildman–Crippen MR) is 115 cm³/mol. The Kier molecular flexibility index (Phi) is 5.35. The highest BCUT2D eigenvalue weighted by molar-refractivity contribution is 6.37. The van der Waals surface area contributed by atoms with Gasteiger partial charge in [0.2, 0.25) is 0 Å². The molecule has 30 heavy (non-hydrogen) atoms. The van der Waals surface area contributed by atoms with Crippen LogP contribution in [0.4, 0.5) is 11.4 Å². The second-order valence-electron chi connectivity index (χ2n) is 6.41. The number of pyridine rings is 1. The van der Waals surface area contributed by atoms with Gasteiger partial charge in [-0.3, -0.25) is 9.78 Å². The first kappa shape index (κ1) is 19.8. The van der Waals surface area contributed by atoms with Gasteiger partial charge in [0.1, 0.15) is 5.69 Å². The third kappa shape index (κ3) is 3.83. The number of nitrogens with one attached hydrogen (secondary N) is 1. The van der Waals surface area contributed by atoms with Crippen molar-refractivity contribution in [1.29, 1.82) is 0 Å². The van der Waals surface area contributed by atoms with Crippen LogP contribution < -0.4 is 11.1 Å². The highest BCUT2D eigenvalue weighted by atomic mass is 35.5. The number of para-hydroxylation sites is 1. The van der Waals surface area contributed by atoms with Crippen molar-refractivity contribution in [2.45, 2.75) is 6.92 Å². The van der Waals surface area contributed by atoms with Crippen LogP contribution in [0.15, 0.2) is 55.1 Å². The molecule has 0 aliphatic heterocycles. The molecule has 0 aliphatic carbocycles. The number of nitrogens with two attached hydrogens (primary N) is 1. The quantitative estimate of drug-likeness (QED) is 0.482. The summed E-state index contributed by atoms with van der Waals surface area (Å²) >= 11 is 12.5. The van der Waals surface area contributed by atoms with Crippen LogP contribution in [0.1, 0.15) is 16.1 Å². The fourth-order valence-corrected chi connectivity index (χ4v) is 3.47. The summed E-state index contributed by atoms with van der Waals surface area (Å²) in [5, 5.41) is 15.9. The van der Waals surface area contributed by atoms with Crippen LogP contribution >= 0.6 is 23.2 Å². The lowest BCUT2D eigenvalue weighted by molar-refractivity contribution is 0.0996. The lowest BCUT2D eigenvalue weighted by Crippen LogP contribution is -2.14. The number of aromatic nitrogens is 5. The van der Waals surface area contributed by atoms with E-state index in [0.717, 1.165) is 16.8 Å². The fraction of sp³-hybridized carbons (Fsp3) is 0.0500. The van der Waals surface area contributed by atoms with Crippen molar-refractivity contribution in [3.8, 4) is 16.9 Å². The monoisotopic (exact) mass is 439 g/mol. The molecular formula is C20H15Cl2N7O. The summed E-state index contributed by atoms with van der Waals surface area (Å²) < 4.78 is 1.42. The molecule has 0 saturated carbocycles. The number of primary amides is 1. The SMILES string of the molecule is Cc1cnncc1-c1ccc(Nc2cn(-c3c(Cl)cccc3Cl)nc2C(N)=O)cn1. The van der Waals surface area contributed by atoms with Gasteiger partial charge in [0.25, 0.3) is 5.91 Å². The number of hydrogen-bond donors (Lipinski definition) is 2. The molecule has 3 N–H and O–H groups in total. The predicted octanol–water partition coefficient (Wildman–Crippen LogP) is 4.18. The minimum atomic E-state index is -0.692. The van der Waals surface area contributed by atoms with E-state index >= 15 is 0 Å². The fourth-order valence-electron chi connectivity index (χ4n) is 2.90. The van der Waals surface area contributed by atoms with Crippen LogP contribution in [0.5, 0.6) is 0 Å². The number of halogens is 2. The zero-order valence-corrected chi connectivity index (χ0v) is 17.2. The maximum Gasteiger partial charge on any atom is 0.271 e. The Hall–Kier alpha value is -3.49. The number of aryl methyl sites for hydroxylation is 1. The van der Waals surface area contributed by atoms with Gasteiger partial charge in [0, 0.05) is 5.56 Å². The maximum absolute atomic E-state index is 11.9. The first-order valence-electron chi connectivity index (χ1n) is 8.78. The normalized spacial score (nSPS) is 10.8. The number of nitrogens with zero attached hydrogens (tertiary/aromatic N) is 5. The molecule has 4 rings (SSSR count). The second-order valence-corrected chi connectivity index (χ2v) is 7.23. The average Bonchev–Trinajstić information content (AvgIpc) is 3.12. The van der Waals surface area contributed by atoms with E-state index in [2.05, 4.69) is 25.6 Å². The largest absolute Gasteiger partial charge is 0.364 e. The number of carbonyl (C=O) groups is 1. The van der Waals surface area contributed by atoms with Gasteiger partial charge < -0.3 is 11.1 Å². The third-order valence-corrected chi connectivity index (χ3v) is 4.97. The van der Waals surface area contributed by atoms with Crippen molar-refractivity contribution in [2.24, 2.45) is 5.73 Å². The van der Waals surface area contributed by atoms with E-state index < -0.39 is 5.91 Å². The summed E-state index contributed by atoms with van der Waals surface area (Å²) in [5.41, 5.74) is 9.64. The molecule has 0 spiro atoms. The van der Waals surface area contributed by atoms with Crippen LogP contribution in [-0.2, 0) is 0 Å². The molecule has 10 heteroatoms. The van der Waals surface area contributed by atoms with Crippen molar-refractivity contribution in [3.05, 3.63) is 76.4 Å². The molecule has 0 bridgehead atoms. The molecule has 1 amide bonds. The van der Waals surface area contributed by atoms with Gasteiger partial charge in [0.15, 0.2) is 5.69 Å². The molecule has 0 aliphatic rings. The molecule has 3 aromatic heterocycles. The Labute approximate surface area is 181 Å². The summed E-state index contributed by atoms with van der Waals surface area (Å²) in [6.45, 7) is 1.94. The molecule has 0 radical (unpaired) electrons. The molecule has 3 heterocycles. The van der Waals surface area contributed by atoms with E-state index in [0.29, 0.717) is 27.1 Å². The minimum absolute atomic E-state index is 0.0456. The van der Waals surface area contributed by atoms with Gasteiger partial charge in [-0.2, -0.15) is 15.3 Å². The first-order chi connectivity index (χ1) is 14.4. The van der Waals surface area contributed by atoms with Crippen molar-refractivity contribution < 1.29 is 4.79 Å². The molecule has 0 atom stereocenters. The highest BCUT2D eigenvalue weighted by Crippen LogP contribution is 2.30.